The summed E-state index contributed by atoms with van der Waals surface area (Å²) in [6.45, 7) is 0. The van der Waals surface area contributed by atoms with Crippen molar-refractivity contribution in [2.45, 2.75) is 0 Å². The van der Waals surface area contributed by atoms with E-state index in [-0.39, 0.29) is 16.4 Å². The summed E-state index contributed by atoms with van der Waals surface area (Å²) in [6, 6.07) is 11.7. The number of halogens is 1. The minimum atomic E-state index is -0.540. The lowest BCUT2D eigenvalue weighted by Crippen LogP contribution is -2.43. The molecule has 1 amide bonds. The third-order valence-corrected chi connectivity index (χ3v) is 3.57. The second-order valence-corrected chi connectivity index (χ2v) is 5.75. The van der Waals surface area contributed by atoms with Crippen LogP contribution in [0.2, 0.25) is 0 Å². The van der Waals surface area contributed by atoms with Crippen LogP contribution >= 0.6 is 28.1 Å². The number of ether oxygens (including phenoxy) is 1. The van der Waals surface area contributed by atoms with E-state index in [0.29, 0.717) is 5.75 Å². The molecule has 0 aromatic heterocycles. The summed E-state index contributed by atoms with van der Waals surface area (Å²) in [6.07, 6.45) is 0. The smallest absolute Gasteiger partial charge is 0.273 e. The van der Waals surface area contributed by atoms with Gasteiger partial charge >= 0.3 is 0 Å². The zero-order valence-electron chi connectivity index (χ0n) is 12.1. The maximum Gasteiger partial charge on any atom is 0.273 e. The first-order valence-electron chi connectivity index (χ1n) is 6.49. The van der Waals surface area contributed by atoms with Gasteiger partial charge in [-0.15, -0.1) is 0 Å². The molecule has 0 aliphatic rings. The van der Waals surface area contributed by atoms with Gasteiger partial charge < -0.3 is 15.2 Å². The third kappa shape index (κ3) is 4.83. The zero-order chi connectivity index (χ0) is 16.8. The highest BCUT2D eigenvalue weighted by molar-refractivity contribution is 9.10. The molecule has 2 rings (SSSR count). The van der Waals surface area contributed by atoms with Crippen molar-refractivity contribution in [3.63, 3.8) is 0 Å². The number of amides is 1. The van der Waals surface area contributed by atoms with Crippen LogP contribution in [-0.4, -0.2) is 23.2 Å². The van der Waals surface area contributed by atoms with Gasteiger partial charge in [0.05, 0.1) is 12.7 Å². The fourth-order valence-corrected chi connectivity index (χ4v) is 2.13. The highest BCUT2D eigenvalue weighted by Gasteiger charge is 2.12. The van der Waals surface area contributed by atoms with Gasteiger partial charge in [0.2, 0.25) is 0 Å². The Bertz CT molecular complexity index is 722. The first-order chi connectivity index (χ1) is 11.0. The molecule has 8 heteroatoms. The zero-order valence-corrected chi connectivity index (χ0v) is 14.5. The number of carbonyl (C=O) groups excluding carboxylic acids is 1. The first kappa shape index (κ1) is 17.0. The number of anilines is 1. The van der Waals surface area contributed by atoms with Gasteiger partial charge in [-0.25, -0.2) is 0 Å². The molecule has 0 fully saturated rings. The SMILES string of the molecule is COc1ccc(O)c(C(=O)NNC(=S)Nc2ccc(Br)cc2)c1. The quantitative estimate of drug-likeness (QED) is 0.472. The molecule has 120 valence electrons. The number of rotatable bonds is 3. The number of methoxy groups -OCH3 is 1. The second-order valence-electron chi connectivity index (χ2n) is 4.42. The molecular weight excluding hydrogens is 382 g/mol. The lowest BCUT2D eigenvalue weighted by atomic mass is 10.2. The Morgan fingerprint density at radius 3 is 2.52 bits per heavy atom. The number of nitrogens with one attached hydrogen (secondary N) is 3. The van der Waals surface area contributed by atoms with Gasteiger partial charge in [-0.05, 0) is 54.7 Å². The largest absolute Gasteiger partial charge is 0.507 e. The van der Waals surface area contributed by atoms with Gasteiger partial charge in [-0.1, -0.05) is 15.9 Å². The van der Waals surface area contributed by atoms with E-state index in [1.165, 1.54) is 19.2 Å². The number of hydrazine groups is 1. The minimum Gasteiger partial charge on any atom is -0.507 e. The Hall–Kier alpha value is -2.32. The van der Waals surface area contributed by atoms with Crippen LogP contribution in [0.1, 0.15) is 10.4 Å². The molecule has 0 saturated heterocycles. The van der Waals surface area contributed by atoms with Gasteiger partial charge in [-0.2, -0.15) is 0 Å². The van der Waals surface area contributed by atoms with E-state index in [1.807, 2.05) is 24.3 Å². The highest BCUT2D eigenvalue weighted by Crippen LogP contribution is 2.22. The van der Waals surface area contributed by atoms with Crippen molar-refractivity contribution < 1.29 is 14.6 Å². The van der Waals surface area contributed by atoms with E-state index in [2.05, 4.69) is 32.1 Å². The number of hydrogen-bond acceptors (Lipinski definition) is 4. The Morgan fingerprint density at radius 2 is 1.87 bits per heavy atom. The van der Waals surface area contributed by atoms with Crippen molar-refractivity contribution in [3.05, 3.63) is 52.5 Å². The van der Waals surface area contributed by atoms with Crippen molar-refractivity contribution in [1.29, 1.82) is 0 Å². The molecule has 23 heavy (non-hydrogen) atoms. The molecule has 4 N–H and O–H groups in total. The topological polar surface area (TPSA) is 82.6 Å². The molecule has 0 bridgehead atoms. The number of thiocarbonyl (C=S) groups is 1. The molecule has 0 saturated carbocycles. The van der Waals surface area contributed by atoms with Crippen LogP contribution in [0.25, 0.3) is 0 Å². The van der Waals surface area contributed by atoms with Gasteiger partial charge in [0.1, 0.15) is 11.5 Å². The first-order valence-corrected chi connectivity index (χ1v) is 7.69. The standard InChI is InChI=1S/C15H14BrN3O3S/c1-22-11-6-7-13(20)12(8-11)14(21)18-19-15(23)17-10-4-2-9(16)3-5-10/h2-8,20H,1H3,(H,18,21)(H2,17,19,23). The normalized spacial score (nSPS) is 9.83. The maximum atomic E-state index is 12.1. The average molecular weight is 396 g/mol. The van der Waals surface area contributed by atoms with E-state index < -0.39 is 5.91 Å². The van der Waals surface area contributed by atoms with E-state index in [9.17, 15) is 9.90 Å². The van der Waals surface area contributed by atoms with Crippen molar-refractivity contribution in [1.82, 2.24) is 10.9 Å². The van der Waals surface area contributed by atoms with Crippen LogP contribution in [0.4, 0.5) is 5.69 Å². The fourth-order valence-electron chi connectivity index (χ4n) is 1.70. The van der Waals surface area contributed by atoms with Gasteiger partial charge in [0.15, 0.2) is 5.11 Å². The van der Waals surface area contributed by atoms with Crippen LogP contribution in [0.15, 0.2) is 46.9 Å². The lowest BCUT2D eigenvalue weighted by Gasteiger charge is -2.12. The number of carbonyl (C=O) groups is 1. The van der Waals surface area contributed by atoms with Gasteiger partial charge in [0.25, 0.3) is 5.91 Å². The summed E-state index contributed by atoms with van der Waals surface area (Å²) in [5.41, 5.74) is 5.81. The summed E-state index contributed by atoms with van der Waals surface area (Å²) < 4.78 is 5.97. The van der Waals surface area contributed by atoms with E-state index >= 15 is 0 Å². The van der Waals surface area contributed by atoms with Crippen molar-refractivity contribution in [2.24, 2.45) is 0 Å². The molecule has 0 heterocycles. The molecule has 0 aliphatic carbocycles. The van der Waals surface area contributed by atoms with Crippen LogP contribution in [-0.2, 0) is 0 Å². The summed E-state index contributed by atoms with van der Waals surface area (Å²) in [5, 5.41) is 12.9. The molecule has 0 unspecified atom stereocenters. The predicted octanol–water partition coefficient (Wildman–Crippen LogP) is 2.79. The van der Waals surface area contributed by atoms with Crippen LogP contribution < -0.4 is 20.9 Å². The molecule has 6 nitrogen and oxygen atoms in total. The predicted molar refractivity (Wildman–Crippen MR) is 95.6 cm³/mol. The van der Waals surface area contributed by atoms with E-state index in [1.54, 1.807) is 6.07 Å². The van der Waals surface area contributed by atoms with E-state index in [0.717, 1.165) is 10.2 Å². The lowest BCUT2D eigenvalue weighted by molar-refractivity contribution is 0.0941. The molecule has 0 radical (unpaired) electrons. The summed E-state index contributed by atoms with van der Waals surface area (Å²) in [4.78, 5) is 12.1. The summed E-state index contributed by atoms with van der Waals surface area (Å²) >= 11 is 8.42. The Balaban J connectivity index is 1.93. The van der Waals surface area contributed by atoms with E-state index in [4.69, 9.17) is 17.0 Å². The average Bonchev–Trinajstić information content (AvgIpc) is 2.55. The number of phenols is 1. The number of benzene rings is 2. The number of phenolic OH excluding ortho intramolecular Hbond substituents is 1. The number of hydrogen-bond donors (Lipinski definition) is 4. The minimum absolute atomic E-state index is 0.0725. The van der Waals surface area contributed by atoms with Crippen molar-refractivity contribution in [2.75, 3.05) is 12.4 Å². The highest BCUT2D eigenvalue weighted by atomic mass is 79.9. The van der Waals surface area contributed by atoms with Crippen molar-refractivity contribution >= 4 is 44.9 Å². The Labute approximate surface area is 146 Å². The number of aromatic hydroxyl groups is 1. The third-order valence-electron chi connectivity index (χ3n) is 2.84. The maximum absolute atomic E-state index is 12.1. The molecule has 0 aliphatic heterocycles. The monoisotopic (exact) mass is 395 g/mol. The summed E-state index contributed by atoms with van der Waals surface area (Å²) in [5.74, 6) is -0.234. The Kier molecular flexibility index (Phi) is 5.78. The van der Waals surface area contributed by atoms with Gasteiger partial charge in [-0.3, -0.25) is 15.6 Å². The molecular formula is C15H14BrN3O3S. The second kappa shape index (κ2) is 7.80. The van der Waals surface area contributed by atoms with Crippen LogP contribution in [0, 0.1) is 0 Å². The molecule has 2 aromatic carbocycles. The molecule has 2 aromatic rings. The van der Waals surface area contributed by atoms with Gasteiger partial charge in [0, 0.05) is 10.2 Å². The summed E-state index contributed by atoms with van der Waals surface area (Å²) in [7, 11) is 1.48. The van der Waals surface area contributed by atoms with Crippen LogP contribution in [0.3, 0.4) is 0 Å². The Morgan fingerprint density at radius 1 is 1.17 bits per heavy atom. The molecule has 0 atom stereocenters. The molecule has 0 spiro atoms. The van der Waals surface area contributed by atoms with Crippen LogP contribution in [0.5, 0.6) is 11.5 Å². The fraction of sp³-hybridized carbons (Fsp3) is 0.0667. The van der Waals surface area contributed by atoms with Crippen molar-refractivity contribution in [3.8, 4) is 11.5 Å².